The van der Waals surface area contributed by atoms with E-state index in [1.54, 1.807) is 16.0 Å². The van der Waals surface area contributed by atoms with Crippen LogP contribution < -0.4 is 10.6 Å². The molecular weight excluding hydrogens is 398 g/mol. The standard InChI is InChI=1S/C21H21N7OS/c1-28-11-16(10-23-28)14-2-3-17-15(8-14)9-19(27-26-17)25-20(29)18-12-30-21(24-18)13-4-6-22-7-5-13/h2-3,8-13,22H,4-7H2,1H3,(H,25,27,29). The van der Waals surface area contributed by atoms with E-state index in [9.17, 15) is 4.79 Å². The molecule has 1 aliphatic rings. The lowest BCUT2D eigenvalue weighted by atomic mass is 9.99. The molecule has 1 fully saturated rings. The second kappa shape index (κ2) is 7.92. The second-order valence-electron chi connectivity index (χ2n) is 7.46. The molecule has 4 heterocycles. The van der Waals surface area contributed by atoms with Crippen molar-refractivity contribution in [3.05, 3.63) is 52.7 Å². The number of amides is 1. The third-order valence-electron chi connectivity index (χ3n) is 5.31. The fourth-order valence-corrected chi connectivity index (χ4v) is 4.66. The Morgan fingerprint density at radius 2 is 2.07 bits per heavy atom. The van der Waals surface area contributed by atoms with Crippen LogP contribution in [0.3, 0.4) is 0 Å². The predicted molar refractivity (Wildman–Crippen MR) is 117 cm³/mol. The van der Waals surface area contributed by atoms with Crippen LogP contribution in [-0.2, 0) is 7.05 Å². The van der Waals surface area contributed by atoms with Crippen LogP contribution in [0.1, 0.15) is 34.3 Å². The number of hydrogen-bond acceptors (Lipinski definition) is 7. The zero-order chi connectivity index (χ0) is 20.5. The highest BCUT2D eigenvalue weighted by molar-refractivity contribution is 7.10. The third kappa shape index (κ3) is 3.81. The van der Waals surface area contributed by atoms with Gasteiger partial charge in [-0.1, -0.05) is 6.07 Å². The van der Waals surface area contributed by atoms with Crippen molar-refractivity contribution < 1.29 is 4.79 Å². The van der Waals surface area contributed by atoms with Crippen molar-refractivity contribution in [3.8, 4) is 11.1 Å². The number of nitrogens with zero attached hydrogens (tertiary/aromatic N) is 5. The SMILES string of the molecule is Cn1cc(-c2ccc3nnc(NC(=O)c4csc(C5CCNCC5)n4)cc3c2)cn1. The molecule has 30 heavy (non-hydrogen) atoms. The average Bonchev–Trinajstić information content (AvgIpc) is 3.43. The smallest absolute Gasteiger partial charge is 0.276 e. The van der Waals surface area contributed by atoms with E-state index in [0.29, 0.717) is 17.4 Å². The first kappa shape index (κ1) is 18.8. The minimum atomic E-state index is -0.261. The Morgan fingerprint density at radius 1 is 1.20 bits per heavy atom. The van der Waals surface area contributed by atoms with Gasteiger partial charge >= 0.3 is 0 Å². The molecule has 3 aromatic heterocycles. The summed E-state index contributed by atoms with van der Waals surface area (Å²) in [6.45, 7) is 2.00. The quantitative estimate of drug-likeness (QED) is 0.527. The fraction of sp³-hybridized carbons (Fsp3) is 0.286. The monoisotopic (exact) mass is 419 g/mol. The number of rotatable bonds is 4. The molecule has 2 N–H and O–H groups in total. The van der Waals surface area contributed by atoms with Gasteiger partial charge in [0.05, 0.1) is 16.7 Å². The van der Waals surface area contributed by atoms with Crippen LogP contribution >= 0.6 is 11.3 Å². The number of hydrogen-bond donors (Lipinski definition) is 2. The van der Waals surface area contributed by atoms with Crippen LogP contribution in [0.4, 0.5) is 5.82 Å². The first-order chi connectivity index (χ1) is 14.7. The Morgan fingerprint density at radius 3 is 2.87 bits per heavy atom. The first-order valence-electron chi connectivity index (χ1n) is 9.90. The maximum Gasteiger partial charge on any atom is 0.276 e. The summed E-state index contributed by atoms with van der Waals surface area (Å²) in [6, 6.07) is 7.76. The summed E-state index contributed by atoms with van der Waals surface area (Å²) in [7, 11) is 1.89. The Bertz CT molecular complexity index is 1210. The molecule has 8 nitrogen and oxygen atoms in total. The molecule has 152 valence electrons. The van der Waals surface area contributed by atoms with E-state index < -0.39 is 0 Å². The topological polar surface area (TPSA) is 97.6 Å². The first-order valence-corrected chi connectivity index (χ1v) is 10.8. The van der Waals surface area contributed by atoms with Crippen molar-refractivity contribution in [2.45, 2.75) is 18.8 Å². The molecular formula is C21H21N7OS. The summed E-state index contributed by atoms with van der Waals surface area (Å²) in [6.07, 6.45) is 5.90. The van der Waals surface area contributed by atoms with Crippen molar-refractivity contribution in [1.29, 1.82) is 0 Å². The molecule has 0 radical (unpaired) electrons. The van der Waals surface area contributed by atoms with Crippen LogP contribution in [0.2, 0.25) is 0 Å². The number of piperidine rings is 1. The summed E-state index contributed by atoms with van der Waals surface area (Å²) in [5.74, 6) is 0.583. The second-order valence-corrected chi connectivity index (χ2v) is 8.34. The Hall–Kier alpha value is -3.17. The number of benzene rings is 1. The van der Waals surface area contributed by atoms with Crippen LogP contribution in [0, 0.1) is 0 Å². The van der Waals surface area contributed by atoms with Crippen molar-refractivity contribution in [3.63, 3.8) is 0 Å². The van der Waals surface area contributed by atoms with E-state index in [0.717, 1.165) is 53.0 Å². The molecule has 4 aromatic rings. The number of aryl methyl sites for hydroxylation is 1. The van der Waals surface area contributed by atoms with E-state index >= 15 is 0 Å². The molecule has 0 spiro atoms. The maximum absolute atomic E-state index is 12.7. The van der Waals surface area contributed by atoms with Crippen LogP contribution in [0.5, 0.6) is 0 Å². The lowest BCUT2D eigenvalue weighted by molar-refractivity contribution is 0.102. The molecule has 0 unspecified atom stereocenters. The summed E-state index contributed by atoms with van der Waals surface area (Å²) in [4.78, 5) is 17.2. The Balaban J connectivity index is 1.35. The predicted octanol–water partition coefficient (Wildman–Crippen LogP) is 3.21. The van der Waals surface area contributed by atoms with E-state index in [1.165, 1.54) is 0 Å². The Labute approximate surface area is 177 Å². The number of nitrogens with one attached hydrogen (secondary N) is 2. The number of carbonyl (C=O) groups excluding carboxylic acids is 1. The average molecular weight is 420 g/mol. The normalized spacial score (nSPS) is 14.8. The van der Waals surface area contributed by atoms with Crippen molar-refractivity contribution in [2.24, 2.45) is 7.05 Å². The van der Waals surface area contributed by atoms with Gasteiger partial charge in [0.1, 0.15) is 5.69 Å². The van der Waals surface area contributed by atoms with E-state index in [4.69, 9.17) is 0 Å². The molecule has 1 saturated heterocycles. The molecule has 0 saturated carbocycles. The van der Waals surface area contributed by atoms with Gasteiger partial charge in [-0.15, -0.1) is 21.5 Å². The largest absolute Gasteiger partial charge is 0.317 e. The van der Waals surface area contributed by atoms with Gasteiger partial charge in [0.2, 0.25) is 0 Å². The number of carbonyl (C=O) groups is 1. The minimum Gasteiger partial charge on any atom is -0.317 e. The number of fused-ring (bicyclic) bond motifs is 1. The highest BCUT2D eigenvalue weighted by Gasteiger charge is 2.20. The summed E-state index contributed by atoms with van der Waals surface area (Å²) >= 11 is 1.56. The van der Waals surface area contributed by atoms with Gasteiger partial charge in [-0.05, 0) is 49.7 Å². The van der Waals surface area contributed by atoms with Gasteiger partial charge in [-0.2, -0.15) is 5.10 Å². The highest BCUT2D eigenvalue weighted by atomic mass is 32.1. The van der Waals surface area contributed by atoms with E-state index in [-0.39, 0.29) is 5.91 Å². The van der Waals surface area contributed by atoms with Crippen LogP contribution in [0.25, 0.3) is 22.0 Å². The lowest BCUT2D eigenvalue weighted by Crippen LogP contribution is -2.26. The highest BCUT2D eigenvalue weighted by Crippen LogP contribution is 2.28. The molecule has 0 atom stereocenters. The third-order valence-corrected chi connectivity index (χ3v) is 6.32. The van der Waals surface area contributed by atoms with Crippen LogP contribution in [0.15, 0.2) is 42.0 Å². The van der Waals surface area contributed by atoms with Gasteiger partial charge in [-0.25, -0.2) is 4.98 Å². The summed E-state index contributed by atoms with van der Waals surface area (Å²) in [5.41, 5.74) is 3.25. The zero-order valence-corrected chi connectivity index (χ0v) is 17.3. The summed E-state index contributed by atoms with van der Waals surface area (Å²) in [5, 5.41) is 22.5. The van der Waals surface area contributed by atoms with Gasteiger partial charge < -0.3 is 10.6 Å². The van der Waals surface area contributed by atoms with Crippen molar-refractivity contribution in [1.82, 2.24) is 30.3 Å². The molecule has 0 aliphatic carbocycles. The van der Waals surface area contributed by atoms with Gasteiger partial charge in [0.25, 0.3) is 5.91 Å². The number of thiazole rings is 1. The van der Waals surface area contributed by atoms with Crippen LogP contribution in [-0.4, -0.2) is 44.0 Å². The fourth-order valence-electron chi connectivity index (χ4n) is 3.68. The Kier molecular flexibility index (Phi) is 4.97. The number of anilines is 1. The molecule has 1 aromatic carbocycles. The van der Waals surface area contributed by atoms with Gasteiger partial charge in [0.15, 0.2) is 5.82 Å². The number of aromatic nitrogens is 5. The summed E-state index contributed by atoms with van der Waals surface area (Å²) < 4.78 is 1.77. The zero-order valence-electron chi connectivity index (χ0n) is 16.5. The molecule has 9 heteroatoms. The maximum atomic E-state index is 12.7. The molecule has 1 amide bonds. The molecule has 0 bridgehead atoms. The lowest BCUT2D eigenvalue weighted by Gasteiger charge is -2.20. The minimum absolute atomic E-state index is 0.261. The van der Waals surface area contributed by atoms with Gasteiger partial charge in [0, 0.05) is 35.5 Å². The van der Waals surface area contributed by atoms with Crippen molar-refractivity contribution >= 4 is 34.0 Å². The van der Waals surface area contributed by atoms with Crippen molar-refractivity contribution in [2.75, 3.05) is 18.4 Å². The van der Waals surface area contributed by atoms with E-state index in [2.05, 4.69) is 30.9 Å². The van der Waals surface area contributed by atoms with Gasteiger partial charge in [-0.3, -0.25) is 9.48 Å². The molecule has 5 rings (SSSR count). The van der Waals surface area contributed by atoms with E-state index in [1.807, 2.05) is 49.1 Å². The molecule has 1 aliphatic heterocycles.